The summed E-state index contributed by atoms with van der Waals surface area (Å²) in [6, 6.07) is 8.43. The molecule has 2 N–H and O–H groups in total. The summed E-state index contributed by atoms with van der Waals surface area (Å²) in [5, 5.41) is 0. The number of fused-ring (bicyclic) bond motifs is 2. The maximum Gasteiger partial charge on any atom is 0.220 e. The van der Waals surface area contributed by atoms with Crippen LogP contribution < -0.4 is 15.2 Å². The van der Waals surface area contributed by atoms with E-state index in [4.69, 9.17) is 15.2 Å². The van der Waals surface area contributed by atoms with Gasteiger partial charge in [-0.3, -0.25) is 4.90 Å². The molecule has 0 saturated heterocycles. The summed E-state index contributed by atoms with van der Waals surface area (Å²) in [7, 11) is 0. The molecular formula is C22H25N5O2. The Morgan fingerprint density at radius 1 is 1.10 bits per heavy atom. The summed E-state index contributed by atoms with van der Waals surface area (Å²) in [5.41, 5.74) is 12.9. The fraction of sp³-hybridized carbons (Fsp3) is 0.364. The van der Waals surface area contributed by atoms with Crippen LogP contribution in [-0.2, 0) is 19.5 Å². The first-order valence-electron chi connectivity index (χ1n) is 9.99. The van der Waals surface area contributed by atoms with Crippen LogP contribution in [0.1, 0.15) is 28.2 Å². The highest BCUT2D eigenvalue weighted by molar-refractivity contribution is 5.52. The number of nitrogens with zero attached hydrogens (tertiary/aromatic N) is 4. The minimum atomic E-state index is 0.361. The average Bonchev–Trinajstić information content (AvgIpc) is 3.00. The van der Waals surface area contributed by atoms with Crippen LogP contribution in [0, 0.1) is 13.8 Å². The Labute approximate surface area is 170 Å². The third-order valence-electron chi connectivity index (χ3n) is 5.75. The number of aryl methyl sites for hydroxylation is 1. The van der Waals surface area contributed by atoms with Crippen LogP contribution in [0.15, 0.2) is 30.5 Å². The molecule has 0 saturated carbocycles. The normalized spacial score (nSPS) is 15.9. The topological polar surface area (TPSA) is 78.4 Å². The lowest BCUT2D eigenvalue weighted by Gasteiger charge is -2.28. The van der Waals surface area contributed by atoms with Crippen molar-refractivity contribution in [3.63, 3.8) is 0 Å². The van der Waals surface area contributed by atoms with Gasteiger partial charge in [0.05, 0.1) is 5.69 Å². The second-order valence-electron chi connectivity index (χ2n) is 7.72. The van der Waals surface area contributed by atoms with Crippen LogP contribution in [0.4, 0.5) is 5.95 Å². The molecule has 0 atom stereocenters. The molecule has 0 aliphatic carbocycles. The summed E-state index contributed by atoms with van der Waals surface area (Å²) >= 11 is 0. The van der Waals surface area contributed by atoms with Gasteiger partial charge in [-0.25, -0.2) is 9.97 Å². The average molecular weight is 391 g/mol. The largest absolute Gasteiger partial charge is 0.486 e. The van der Waals surface area contributed by atoms with Gasteiger partial charge in [-0.2, -0.15) is 0 Å². The van der Waals surface area contributed by atoms with E-state index in [1.165, 1.54) is 22.5 Å². The van der Waals surface area contributed by atoms with Crippen LogP contribution in [0.2, 0.25) is 0 Å². The lowest BCUT2D eigenvalue weighted by atomic mass is 10.1. The minimum absolute atomic E-state index is 0.361. The van der Waals surface area contributed by atoms with E-state index >= 15 is 0 Å². The number of anilines is 1. The van der Waals surface area contributed by atoms with E-state index in [0.29, 0.717) is 19.2 Å². The molecule has 1 aromatic carbocycles. The van der Waals surface area contributed by atoms with E-state index in [0.717, 1.165) is 48.9 Å². The minimum Gasteiger partial charge on any atom is -0.486 e. The maximum atomic E-state index is 5.77. The summed E-state index contributed by atoms with van der Waals surface area (Å²) in [6.07, 6.45) is 2.77. The zero-order chi connectivity index (χ0) is 20.0. The van der Waals surface area contributed by atoms with Gasteiger partial charge in [-0.1, -0.05) is 0 Å². The van der Waals surface area contributed by atoms with Crippen LogP contribution in [0.25, 0.3) is 5.69 Å². The Hall–Kier alpha value is -3.06. The number of benzene rings is 1. The molecule has 0 unspecified atom stereocenters. The highest BCUT2D eigenvalue weighted by atomic mass is 16.6. The molecule has 2 aliphatic rings. The molecule has 2 aromatic heterocycles. The molecule has 0 amide bonds. The number of rotatable bonds is 3. The third kappa shape index (κ3) is 3.31. The molecule has 7 nitrogen and oxygen atoms in total. The van der Waals surface area contributed by atoms with Crippen molar-refractivity contribution in [3.05, 3.63) is 58.7 Å². The van der Waals surface area contributed by atoms with Gasteiger partial charge in [0, 0.05) is 61.0 Å². The Balaban J connectivity index is 1.40. The first-order valence-corrected chi connectivity index (χ1v) is 9.99. The van der Waals surface area contributed by atoms with E-state index in [1.807, 2.05) is 12.3 Å². The molecule has 3 aromatic rings. The number of nitrogens with two attached hydrogens (primary N) is 1. The molecule has 2 aliphatic heterocycles. The van der Waals surface area contributed by atoms with Gasteiger partial charge < -0.3 is 19.8 Å². The smallest absolute Gasteiger partial charge is 0.220 e. The number of aromatic nitrogens is 3. The predicted octanol–water partition coefficient (Wildman–Crippen LogP) is 2.80. The van der Waals surface area contributed by atoms with Crippen molar-refractivity contribution in [2.45, 2.75) is 33.4 Å². The van der Waals surface area contributed by atoms with Gasteiger partial charge in [0.2, 0.25) is 5.95 Å². The van der Waals surface area contributed by atoms with Gasteiger partial charge in [-0.05, 0) is 37.6 Å². The SMILES string of the molecule is Cc1cc(CN2CCc3nc(N)ncc3C2)c(C)n1-c1ccc2c(c1)OCCO2. The highest BCUT2D eigenvalue weighted by Crippen LogP contribution is 2.33. The van der Waals surface area contributed by atoms with Crippen molar-refractivity contribution >= 4 is 5.95 Å². The van der Waals surface area contributed by atoms with Crippen molar-refractivity contribution in [2.75, 3.05) is 25.5 Å². The highest BCUT2D eigenvalue weighted by Gasteiger charge is 2.21. The van der Waals surface area contributed by atoms with E-state index in [2.05, 4.69) is 51.5 Å². The summed E-state index contributed by atoms with van der Waals surface area (Å²) in [4.78, 5) is 11.0. The van der Waals surface area contributed by atoms with Crippen molar-refractivity contribution in [1.82, 2.24) is 19.4 Å². The molecule has 4 heterocycles. The first-order chi connectivity index (χ1) is 14.1. The quantitative estimate of drug-likeness (QED) is 0.740. The third-order valence-corrected chi connectivity index (χ3v) is 5.75. The summed E-state index contributed by atoms with van der Waals surface area (Å²) < 4.78 is 13.7. The van der Waals surface area contributed by atoms with Crippen molar-refractivity contribution in [3.8, 4) is 17.2 Å². The second-order valence-corrected chi connectivity index (χ2v) is 7.72. The molecule has 0 radical (unpaired) electrons. The molecule has 0 spiro atoms. The molecular weight excluding hydrogens is 366 g/mol. The summed E-state index contributed by atoms with van der Waals surface area (Å²) in [6.45, 7) is 8.25. The standard InChI is InChI=1S/C22H25N5O2/c1-14-9-16(12-26-6-5-19-17(13-26)11-24-22(23)25-19)15(2)27(14)18-3-4-20-21(10-18)29-8-7-28-20/h3-4,9-11H,5-8,12-13H2,1-2H3,(H2,23,24,25). The van der Waals surface area contributed by atoms with E-state index < -0.39 is 0 Å². The van der Waals surface area contributed by atoms with Crippen LogP contribution in [0.3, 0.4) is 0 Å². The predicted molar refractivity (Wildman–Crippen MR) is 110 cm³/mol. The van der Waals surface area contributed by atoms with Crippen LogP contribution >= 0.6 is 0 Å². The summed E-state index contributed by atoms with van der Waals surface area (Å²) in [5.74, 6) is 1.99. The van der Waals surface area contributed by atoms with Gasteiger partial charge >= 0.3 is 0 Å². The molecule has 29 heavy (non-hydrogen) atoms. The Morgan fingerprint density at radius 2 is 1.93 bits per heavy atom. The molecule has 5 rings (SSSR count). The Bertz CT molecular complexity index is 1080. The van der Waals surface area contributed by atoms with Crippen molar-refractivity contribution in [2.24, 2.45) is 0 Å². The van der Waals surface area contributed by atoms with Gasteiger partial charge in [0.15, 0.2) is 11.5 Å². The zero-order valence-electron chi connectivity index (χ0n) is 16.8. The molecule has 0 fully saturated rings. The first kappa shape index (κ1) is 18.0. The number of hydrogen-bond acceptors (Lipinski definition) is 6. The van der Waals surface area contributed by atoms with Crippen molar-refractivity contribution in [1.29, 1.82) is 0 Å². The number of ether oxygens (including phenoxy) is 2. The van der Waals surface area contributed by atoms with Gasteiger partial charge in [0.1, 0.15) is 13.2 Å². The lowest BCUT2D eigenvalue weighted by Crippen LogP contribution is -2.31. The number of nitrogen functional groups attached to an aromatic ring is 1. The van der Waals surface area contributed by atoms with Crippen LogP contribution in [-0.4, -0.2) is 39.2 Å². The van der Waals surface area contributed by atoms with E-state index in [1.54, 1.807) is 0 Å². The van der Waals surface area contributed by atoms with Crippen molar-refractivity contribution < 1.29 is 9.47 Å². The second kappa shape index (κ2) is 7.08. The Morgan fingerprint density at radius 3 is 2.79 bits per heavy atom. The number of hydrogen-bond donors (Lipinski definition) is 1. The molecule has 0 bridgehead atoms. The maximum absolute atomic E-state index is 5.77. The van der Waals surface area contributed by atoms with E-state index in [9.17, 15) is 0 Å². The fourth-order valence-electron chi connectivity index (χ4n) is 4.32. The zero-order valence-corrected chi connectivity index (χ0v) is 16.8. The lowest BCUT2D eigenvalue weighted by molar-refractivity contribution is 0.171. The van der Waals surface area contributed by atoms with E-state index in [-0.39, 0.29) is 0 Å². The van der Waals surface area contributed by atoms with Gasteiger partial charge in [-0.15, -0.1) is 0 Å². The fourth-order valence-corrected chi connectivity index (χ4v) is 4.32. The monoisotopic (exact) mass is 391 g/mol. The Kier molecular flexibility index (Phi) is 4.39. The van der Waals surface area contributed by atoms with Crippen LogP contribution in [0.5, 0.6) is 11.5 Å². The molecule has 7 heteroatoms. The molecule has 150 valence electrons. The van der Waals surface area contributed by atoms with Gasteiger partial charge in [0.25, 0.3) is 0 Å².